The summed E-state index contributed by atoms with van der Waals surface area (Å²) in [4.78, 5) is 13.5. The number of hydrogen-bond acceptors (Lipinski definition) is 5. The highest BCUT2D eigenvalue weighted by atomic mass is 32.2. The summed E-state index contributed by atoms with van der Waals surface area (Å²) in [6.45, 7) is 2.06. The molecule has 5 nitrogen and oxygen atoms in total. The number of carbonyl (C=O) groups is 1. The fraction of sp³-hybridized carbons (Fsp3) is 0.154. The van der Waals surface area contributed by atoms with Gasteiger partial charge in [-0.05, 0) is 47.5 Å². The van der Waals surface area contributed by atoms with Gasteiger partial charge in [-0.2, -0.15) is 5.10 Å². The zero-order chi connectivity index (χ0) is 21.7. The minimum absolute atomic E-state index is 0.0329. The van der Waals surface area contributed by atoms with Crippen molar-refractivity contribution >= 4 is 28.8 Å². The molecule has 0 radical (unpaired) electrons. The Bertz CT molecular complexity index is 1290. The third-order valence-corrected chi connectivity index (χ3v) is 7.06. The highest BCUT2D eigenvalue weighted by Gasteiger charge is 2.58. The molecule has 6 heteroatoms. The molecule has 0 saturated carbocycles. The van der Waals surface area contributed by atoms with Crippen LogP contribution in [0, 0.1) is 6.92 Å². The second-order valence-electron chi connectivity index (χ2n) is 8.14. The van der Waals surface area contributed by atoms with Crippen molar-refractivity contribution in [2.45, 2.75) is 25.2 Å². The standard InChI is InChI=1S/C26H21N3O2S/c1-17-9-5-6-12-19(17)15-24-26(27-25(30)32-24)29-22(20-13-7-8-14-23(20)31-26)16-21(28-29)18-10-3-2-4-11-18/h2-15,22H,16H2,1H3,(H,27,30)/b24-15-/t22-,26+/m1/s1. The van der Waals surface area contributed by atoms with E-state index in [0.717, 1.165) is 45.0 Å². The van der Waals surface area contributed by atoms with Crippen molar-refractivity contribution in [3.63, 3.8) is 0 Å². The summed E-state index contributed by atoms with van der Waals surface area (Å²) in [5.74, 6) is -0.392. The molecule has 1 spiro atoms. The zero-order valence-electron chi connectivity index (χ0n) is 17.5. The van der Waals surface area contributed by atoms with Crippen molar-refractivity contribution in [1.29, 1.82) is 0 Å². The molecule has 1 N–H and O–H groups in total. The van der Waals surface area contributed by atoms with Gasteiger partial charge in [-0.25, -0.2) is 5.01 Å². The lowest BCUT2D eigenvalue weighted by Crippen LogP contribution is -2.61. The molecule has 3 aromatic rings. The van der Waals surface area contributed by atoms with Crippen molar-refractivity contribution < 1.29 is 9.53 Å². The van der Waals surface area contributed by atoms with Crippen LogP contribution < -0.4 is 10.1 Å². The number of hydrogen-bond donors (Lipinski definition) is 1. The lowest BCUT2D eigenvalue weighted by atomic mass is 9.95. The molecular weight excluding hydrogens is 418 g/mol. The topological polar surface area (TPSA) is 53.9 Å². The Hall–Kier alpha value is -3.51. The van der Waals surface area contributed by atoms with Gasteiger partial charge in [0.1, 0.15) is 5.75 Å². The van der Waals surface area contributed by atoms with Gasteiger partial charge in [0.25, 0.3) is 5.24 Å². The van der Waals surface area contributed by atoms with E-state index < -0.39 is 5.85 Å². The number of aryl methyl sites for hydroxylation is 1. The fourth-order valence-electron chi connectivity index (χ4n) is 4.56. The average Bonchev–Trinajstić information content (AvgIpc) is 3.39. The molecular formula is C26H21N3O2S. The van der Waals surface area contributed by atoms with Crippen LogP contribution in [0.1, 0.15) is 34.7 Å². The van der Waals surface area contributed by atoms with Crippen LogP contribution in [0.2, 0.25) is 0 Å². The summed E-state index contributed by atoms with van der Waals surface area (Å²) in [6, 6.07) is 26.3. The number of fused-ring (bicyclic) bond motifs is 4. The first-order valence-electron chi connectivity index (χ1n) is 10.6. The molecule has 3 aliphatic rings. The quantitative estimate of drug-likeness (QED) is 0.557. The van der Waals surface area contributed by atoms with Gasteiger partial charge < -0.3 is 4.74 Å². The smallest absolute Gasteiger partial charge is 0.314 e. The first kappa shape index (κ1) is 19.2. The SMILES string of the molecule is Cc1ccccc1/C=C1\SC(=O)N[C@@]12Oc1ccccc1[C@H]1CC(c3ccccc3)=NN12. The predicted octanol–water partition coefficient (Wildman–Crippen LogP) is 5.69. The molecule has 6 rings (SSSR count). The monoisotopic (exact) mass is 439 g/mol. The Morgan fingerprint density at radius 2 is 1.81 bits per heavy atom. The normalized spacial score (nSPS) is 24.7. The first-order chi connectivity index (χ1) is 15.6. The molecule has 3 heterocycles. The van der Waals surface area contributed by atoms with Gasteiger partial charge in [0.15, 0.2) is 0 Å². The molecule has 1 amide bonds. The van der Waals surface area contributed by atoms with Crippen LogP contribution in [0.25, 0.3) is 6.08 Å². The van der Waals surface area contributed by atoms with E-state index in [2.05, 4.69) is 42.6 Å². The maximum absolute atomic E-state index is 12.7. The average molecular weight is 440 g/mol. The minimum atomic E-state index is -1.17. The maximum atomic E-state index is 12.7. The van der Waals surface area contributed by atoms with Crippen LogP contribution in [0.3, 0.4) is 0 Å². The zero-order valence-corrected chi connectivity index (χ0v) is 18.3. The summed E-state index contributed by atoms with van der Waals surface area (Å²) in [5.41, 5.74) is 5.33. The number of nitrogens with zero attached hydrogens (tertiary/aromatic N) is 2. The van der Waals surface area contributed by atoms with Gasteiger partial charge in [0.05, 0.1) is 16.7 Å². The Balaban J connectivity index is 1.53. The molecule has 1 fully saturated rings. The predicted molar refractivity (Wildman–Crippen MR) is 127 cm³/mol. The second-order valence-corrected chi connectivity index (χ2v) is 9.16. The van der Waals surface area contributed by atoms with E-state index in [1.165, 1.54) is 11.8 Å². The molecule has 3 aliphatic heterocycles. The van der Waals surface area contributed by atoms with Crippen molar-refractivity contribution in [3.8, 4) is 5.75 Å². The van der Waals surface area contributed by atoms with E-state index in [1.54, 1.807) is 0 Å². The largest absolute Gasteiger partial charge is 0.444 e. The Kier molecular flexibility index (Phi) is 4.36. The lowest BCUT2D eigenvalue weighted by Gasteiger charge is -2.45. The van der Waals surface area contributed by atoms with Gasteiger partial charge in [-0.15, -0.1) is 0 Å². The number of rotatable bonds is 2. The van der Waals surface area contributed by atoms with Gasteiger partial charge in [-0.3, -0.25) is 10.1 Å². The summed E-state index contributed by atoms with van der Waals surface area (Å²) in [7, 11) is 0. The third-order valence-electron chi connectivity index (χ3n) is 6.16. The summed E-state index contributed by atoms with van der Waals surface area (Å²) in [6.07, 6.45) is 2.78. The van der Waals surface area contributed by atoms with Crippen LogP contribution in [-0.4, -0.2) is 21.8 Å². The minimum Gasteiger partial charge on any atom is -0.444 e. The molecule has 0 unspecified atom stereocenters. The summed E-state index contributed by atoms with van der Waals surface area (Å²) < 4.78 is 6.57. The number of hydrazone groups is 1. The van der Waals surface area contributed by atoms with Crippen LogP contribution in [-0.2, 0) is 0 Å². The van der Waals surface area contributed by atoms with Crippen LogP contribution in [0.4, 0.5) is 4.79 Å². The number of amides is 1. The van der Waals surface area contributed by atoms with E-state index in [1.807, 2.05) is 59.6 Å². The van der Waals surface area contributed by atoms with Crippen molar-refractivity contribution in [3.05, 3.63) is 106 Å². The number of carbonyl (C=O) groups excluding carboxylic acids is 1. The highest BCUT2D eigenvalue weighted by Crippen LogP contribution is 2.52. The molecule has 0 aliphatic carbocycles. The molecule has 3 aromatic carbocycles. The number of benzene rings is 3. The number of ether oxygens (including phenoxy) is 1. The summed E-state index contributed by atoms with van der Waals surface area (Å²) in [5, 5.41) is 9.91. The Morgan fingerprint density at radius 1 is 1.06 bits per heavy atom. The Morgan fingerprint density at radius 3 is 2.66 bits per heavy atom. The molecule has 158 valence electrons. The van der Waals surface area contributed by atoms with Crippen molar-refractivity contribution in [2.24, 2.45) is 5.10 Å². The first-order valence-corrected chi connectivity index (χ1v) is 11.4. The van der Waals surface area contributed by atoms with Gasteiger partial charge in [0, 0.05) is 12.0 Å². The fourth-order valence-corrected chi connectivity index (χ4v) is 5.46. The van der Waals surface area contributed by atoms with Gasteiger partial charge in [0.2, 0.25) is 0 Å². The second kappa shape index (κ2) is 7.28. The maximum Gasteiger partial charge on any atom is 0.314 e. The van der Waals surface area contributed by atoms with E-state index in [9.17, 15) is 4.79 Å². The van der Waals surface area contributed by atoms with Gasteiger partial charge in [-0.1, -0.05) is 72.8 Å². The molecule has 0 aromatic heterocycles. The summed E-state index contributed by atoms with van der Waals surface area (Å²) >= 11 is 1.17. The van der Waals surface area contributed by atoms with Crippen molar-refractivity contribution in [2.75, 3.05) is 0 Å². The van der Waals surface area contributed by atoms with Crippen LogP contribution in [0.15, 0.2) is 88.9 Å². The van der Waals surface area contributed by atoms with Crippen LogP contribution in [0.5, 0.6) is 5.75 Å². The molecule has 32 heavy (non-hydrogen) atoms. The number of thioether (sulfide) groups is 1. The van der Waals surface area contributed by atoms with E-state index in [-0.39, 0.29) is 11.3 Å². The van der Waals surface area contributed by atoms with Gasteiger partial charge >= 0.3 is 5.85 Å². The highest BCUT2D eigenvalue weighted by molar-refractivity contribution is 8.17. The molecule has 2 atom stereocenters. The molecule has 0 bridgehead atoms. The van der Waals surface area contributed by atoms with Crippen LogP contribution >= 0.6 is 11.8 Å². The third kappa shape index (κ3) is 2.94. The molecule has 1 saturated heterocycles. The lowest BCUT2D eigenvalue weighted by molar-refractivity contribution is -0.0949. The Labute approximate surface area is 190 Å². The van der Waals surface area contributed by atoms with E-state index in [4.69, 9.17) is 9.84 Å². The van der Waals surface area contributed by atoms with E-state index >= 15 is 0 Å². The number of nitrogens with one attached hydrogen (secondary N) is 1. The van der Waals surface area contributed by atoms with E-state index in [0.29, 0.717) is 0 Å². The van der Waals surface area contributed by atoms with Crippen molar-refractivity contribution in [1.82, 2.24) is 10.3 Å². The number of para-hydroxylation sites is 1.